The Morgan fingerprint density at radius 2 is 1.68 bits per heavy atom. The fraction of sp³-hybridized carbons (Fsp3) is 0.857. The first-order valence-corrected chi connectivity index (χ1v) is 6.87. The van der Waals surface area contributed by atoms with E-state index in [9.17, 15) is 14.7 Å². The van der Waals surface area contributed by atoms with Crippen molar-refractivity contribution in [1.29, 1.82) is 0 Å². The van der Waals surface area contributed by atoms with E-state index in [2.05, 4.69) is 5.32 Å². The number of alkyl carbamates (subject to hydrolysis) is 1. The molecule has 0 unspecified atom stereocenters. The largest absolute Gasteiger partial charge is 0.481 e. The molecule has 0 heterocycles. The number of carboxylic acid groups (broad SMARTS) is 1. The van der Waals surface area contributed by atoms with Gasteiger partial charge in [-0.25, -0.2) is 4.79 Å². The summed E-state index contributed by atoms with van der Waals surface area (Å²) >= 11 is 0. The van der Waals surface area contributed by atoms with Crippen molar-refractivity contribution in [3.63, 3.8) is 0 Å². The van der Waals surface area contributed by atoms with Gasteiger partial charge in [0, 0.05) is 5.54 Å². The summed E-state index contributed by atoms with van der Waals surface area (Å²) in [4.78, 5) is 23.1. The summed E-state index contributed by atoms with van der Waals surface area (Å²) < 4.78 is 5.25. The van der Waals surface area contributed by atoms with Crippen molar-refractivity contribution in [2.45, 2.75) is 64.0 Å². The number of rotatable bonds is 3. The SMILES string of the molecule is CC(C)(C)OC(=O)NC12CC(C3(C(=O)O)CC3)(C1)C2. The van der Waals surface area contributed by atoms with Crippen molar-refractivity contribution in [3.8, 4) is 0 Å². The highest BCUT2D eigenvalue weighted by molar-refractivity contribution is 5.81. The molecule has 0 aliphatic heterocycles. The molecule has 4 rings (SSSR count). The third kappa shape index (κ3) is 1.66. The van der Waals surface area contributed by atoms with E-state index in [1.54, 1.807) is 0 Å². The molecule has 0 saturated heterocycles. The lowest BCUT2D eigenvalue weighted by molar-refractivity contribution is -0.209. The zero-order valence-electron chi connectivity index (χ0n) is 11.7. The highest BCUT2D eigenvalue weighted by Crippen LogP contribution is 2.80. The van der Waals surface area contributed by atoms with E-state index in [0.717, 1.165) is 32.1 Å². The molecule has 1 amide bonds. The van der Waals surface area contributed by atoms with Gasteiger partial charge in [-0.1, -0.05) is 0 Å². The molecular formula is C14H21NO4. The zero-order valence-corrected chi connectivity index (χ0v) is 11.7. The van der Waals surface area contributed by atoms with Gasteiger partial charge >= 0.3 is 12.1 Å². The van der Waals surface area contributed by atoms with E-state index in [0.29, 0.717) is 0 Å². The number of carbonyl (C=O) groups excluding carboxylic acids is 1. The first-order chi connectivity index (χ1) is 8.62. The summed E-state index contributed by atoms with van der Waals surface area (Å²) in [6, 6.07) is 0. The van der Waals surface area contributed by atoms with Crippen molar-refractivity contribution in [2.75, 3.05) is 0 Å². The smallest absolute Gasteiger partial charge is 0.408 e. The van der Waals surface area contributed by atoms with Crippen LogP contribution in [0.15, 0.2) is 0 Å². The van der Waals surface area contributed by atoms with E-state index in [4.69, 9.17) is 4.74 Å². The van der Waals surface area contributed by atoms with Crippen LogP contribution in [-0.2, 0) is 9.53 Å². The summed E-state index contributed by atoms with van der Waals surface area (Å²) in [7, 11) is 0. The number of hydrogen-bond acceptors (Lipinski definition) is 3. The minimum Gasteiger partial charge on any atom is -0.481 e. The van der Waals surface area contributed by atoms with Gasteiger partial charge in [0.05, 0.1) is 5.41 Å². The molecule has 2 N–H and O–H groups in total. The Morgan fingerprint density at radius 3 is 2.05 bits per heavy atom. The fourth-order valence-corrected chi connectivity index (χ4v) is 4.04. The first kappa shape index (κ1) is 12.8. The molecule has 4 aliphatic rings. The van der Waals surface area contributed by atoms with Gasteiger partial charge in [0.2, 0.25) is 0 Å². The molecule has 0 aromatic heterocycles. The zero-order chi connectivity index (χ0) is 14.1. The molecule has 4 saturated carbocycles. The minimum absolute atomic E-state index is 0.0478. The van der Waals surface area contributed by atoms with E-state index < -0.39 is 17.0 Å². The molecule has 106 valence electrons. The van der Waals surface area contributed by atoms with Gasteiger partial charge in [0.15, 0.2) is 0 Å². The average molecular weight is 267 g/mol. The van der Waals surface area contributed by atoms with E-state index in [1.807, 2.05) is 20.8 Å². The molecule has 4 aliphatic carbocycles. The average Bonchev–Trinajstić information content (AvgIpc) is 2.86. The topological polar surface area (TPSA) is 75.6 Å². The van der Waals surface area contributed by atoms with Crippen molar-refractivity contribution in [1.82, 2.24) is 5.32 Å². The molecule has 0 spiro atoms. The van der Waals surface area contributed by atoms with Crippen LogP contribution in [0.5, 0.6) is 0 Å². The van der Waals surface area contributed by atoms with Crippen LogP contribution < -0.4 is 5.32 Å². The quantitative estimate of drug-likeness (QED) is 0.822. The summed E-state index contributed by atoms with van der Waals surface area (Å²) in [5.41, 5.74) is -1.21. The van der Waals surface area contributed by atoms with Crippen LogP contribution in [0.1, 0.15) is 52.9 Å². The second kappa shape index (κ2) is 3.25. The molecule has 5 nitrogen and oxygen atoms in total. The highest BCUT2D eigenvalue weighted by Gasteiger charge is 2.81. The molecule has 0 atom stereocenters. The molecule has 0 aromatic rings. The molecule has 19 heavy (non-hydrogen) atoms. The van der Waals surface area contributed by atoms with Gasteiger partial charge in [-0.2, -0.15) is 0 Å². The van der Waals surface area contributed by atoms with E-state index in [-0.39, 0.29) is 17.0 Å². The van der Waals surface area contributed by atoms with Crippen LogP contribution in [0.2, 0.25) is 0 Å². The molecule has 2 bridgehead atoms. The maximum Gasteiger partial charge on any atom is 0.408 e. The van der Waals surface area contributed by atoms with Gasteiger partial charge in [-0.3, -0.25) is 4.79 Å². The number of amides is 1. The van der Waals surface area contributed by atoms with Gasteiger partial charge in [-0.15, -0.1) is 0 Å². The predicted molar refractivity (Wildman–Crippen MR) is 67.7 cm³/mol. The molecule has 0 radical (unpaired) electrons. The molecule has 0 aromatic carbocycles. The number of nitrogens with one attached hydrogen (secondary N) is 1. The van der Waals surface area contributed by atoms with Crippen LogP contribution in [0.25, 0.3) is 0 Å². The van der Waals surface area contributed by atoms with Crippen molar-refractivity contribution in [3.05, 3.63) is 0 Å². The van der Waals surface area contributed by atoms with Crippen LogP contribution in [-0.4, -0.2) is 28.3 Å². The Hall–Kier alpha value is -1.26. The second-order valence-electron chi connectivity index (χ2n) is 7.61. The van der Waals surface area contributed by atoms with Crippen LogP contribution in [0.4, 0.5) is 4.79 Å². The Morgan fingerprint density at radius 1 is 1.16 bits per heavy atom. The third-order valence-corrected chi connectivity index (χ3v) is 4.97. The third-order valence-electron chi connectivity index (χ3n) is 4.97. The lowest BCUT2D eigenvalue weighted by Gasteiger charge is -2.72. The van der Waals surface area contributed by atoms with E-state index in [1.165, 1.54) is 0 Å². The molecular weight excluding hydrogens is 246 g/mol. The lowest BCUT2D eigenvalue weighted by atomic mass is 9.34. The van der Waals surface area contributed by atoms with Crippen LogP contribution in [0.3, 0.4) is 0 Å². The van der Waals surface area contributed by atoms with Crippen molar-refractivity contribution >= 4 is 12.1 Å². The Kier molecular flexibility index (Phi) is 2.18. The summed E-state index contributed by atoms with van der Waals surface area (Å²) in [6.45, 7) is 5.50. The normalized spacial score (nSPS) is 37.6. The summed E-state index contributed by atoms with van der Waals surface area (Å²) in [5.74, 6) is -0.655. The molecule has 5 heteroatoms. The standard InChI is InChI=1S/C14H21NO4/c1-11(2,3)19-10(18)15-13-6-12(7-13,8-13)14(4-5-14)9(16)17/h4-8H2,1-3H3,(H,15,18)(H,16,17). The lowest BCUT2D eigenvalue weighted by Crippen LogP contribution is -2.78. The maximum absolute atomic E-state index is 11.7. The highest BCUT2D eigenvalue weighted by atomic mass is 16.6. The fourth-order valence-electron chi connectivity index (χ4n) is 4.04. The van der Waals surface area contributed by atoms with Crippen molar-refractivity contribution in [2.24, 2.45) is 10.8 Å². The number of carbonyl (C=O) groups is 2. The predicted octanol–water partition coefficient (Wildman–Crippen LogP) is 2.30. The van der Waals surface area contributed by atoms with Crippen molar-refractivity contribution < 1.29 is 19.4 Å². The number of aliphatic carboxylic acids is 1. The Balaban J connectivity index is 1.56. The van der Waals surface area contributed by atoms with Gasteiger partial charge in [-0.05, 0) is 58.3 Å². The van der Waals surface area contributed by atoms with Crippen LogP contribution >= 0.6 is 0 Å². The van der Waals surface area contributed by atoms with Gasteiger partial charge in [0.25, 0.3) is 0 Å². The number of ether oxygens (including phenoxy) is 1. The Bertz CT molecular complexity index is 439. The minimum atomic E-state index is -0.655. The maximum atomic E-state index is 11.7. The van der Waals surface area contributed by atoms with Crippen LogP contribution in [0, 0.1) is 10.8 Å². The number of hydrogen-bond donors (Lipinski definition) is 2. The Labute approximate surface area is 112 Å². The van der Waals surface area contributed by atoms with Gasteiger partial charge in [0.1, 0.15) is 5.60 Å². The molecule has 4 fully saturated rings. The summed E-state index contributed by atoms with van der Waals surface area (Å²) in [5, 5.41) is 12.3. The van der Waals surface area contributed by atoms with E-state index >= 15 is 0 Å². The summed E-state index contributed by atoms with van der Waals surface area (Å²) in [6.07, 6.45) is 3.60. The monoisotopic (exact) mass is 267 g/mol. The number of carboxylic acids is 1. The van der Waals surface area contributed by atoms with Gasteiger partial charge < -0.3 is 15.2 Å². The second-order valence-corrected chi connectivity index (χ2v) is 7.61. The first-order valence-electron chi connectivity index (χ1n) is 6.87.